The van der Waals surface area contributed by atoms with E-state index in [9.17, 15) is 4.79 Å². The molecule has 4 N–H and O–H groups in total. The molecule has 4 heteroatoms. The van der Waals surface area contributed by atoms with Crippen LogP contribution in [-0.2, 0) is 4.79 Å². The van der Waals surface area contributed by atoms with Crippen molar-refractivity contribution < 1.29 is 9.90 Å². The van der Waals surface area contributed by atoms with Gasteiger partial charge >= 0.3 is 5.97 Å². The van der Waals surface area contributed by atoms with Crippen LogP contribution in [0.4, 0.5) is 0 Å². The van der Waals surface area contributed by atoms with Crippen LogP contribution >= 0.6 is 0 Å². The second kappa shape index (κ2) is 4.10. The Labute approximate surface area is 72.1 Å². The van der Waals surface area contributed by atoms with E-state index in [-0.39, 0.29) is 6.54 Å². The van der Waals surface area contributed by atoms with Crippen LogP contribution in [0.25, 0.3) is 0 Å². The maximum Gasteiger partial charge on any atom is 0.321 e. The van der Waals surface area contributed by atoms with Crippen molar-refractivity contribution in [3.63, 3.8) is 0 Å². The van der Waals surface area contributed by atoms with Gasteiger partial charge in [-0.05, 0) is 13.8 Å². The highest BCUT2D eigenvalue weighted by Gasteiger charge is 2.17. The third-order valence-corrected chi connectivity index (χ3v) is 1.44. The SMILES string of the molecule is C#CC(C)(C)NCC(N)C(=O)O. The van der Waals surface area contributed by atoms with Crippen LogP contribution in [0.2, 0.25) is 0 Å². The molecular weight excluding hydrogens is 156 g/mol. The van der Waals surface area contributed by atoms with Crippen LogP contribution in [-0.4, -0.2) is 29.2 Å². The summed E-state index contributed by atoms with van der Waals surface area (Å²) in [7, 11) is 0. The molecule has 0 aliphatic heterocycles. The highest BCUT2D eigenvalue weighted by Crippen LogP contribution is 1.97. The Morgan fingerprint density at radius 2 is 2.33 bits per heavy atom. The first-order valence-corrected chi connectivity index (χ1v) is 3.60. The van der Waals surface area contributed by atoms with Gasteiger partial charge in [-0.1, -0.05) is 5.92 Å². The molecule has 12 heavy (non-hydrogen) atoms. The molecular formula is C8H14N2O2. The fourth-order valence-corrected chi connectivity index (χ4v) is 0.503. The second-order valence-electron chi connectivity index (χ2n) is 3.09. The van der Waals surface area contributed by atoms with Gasteiger partial charge in [-0.2, -0.15) is 0 Å². The number of aliphatic carboxylic acids is 1. The molecule has 1 unspecified atom stereocenters. The zero-order valence-corrected chi connectivity index (χ0v) is 7.29. The van der Waals surface area contributed by atoms with Gasteiger partial charge < -0.3 is 10.8 Å². The summed E-state index contributed by atoms with van der Waals surface area (Å²) >= 11 is 0. The summed E-state index contributed by atoms with van der Waals surface area (Å²) in [6.07, 6.45) is 5.17. The van der Waals surface area contributed by atoms with Crippen molar-refractivity contribution >= 4 is 5.97 Å². The molecule has 0 fully saturated rings. The van der Waals surface area contributed by atoms with Crippen molar-refractivity contribution in [2.75, 3.05) is 6.54 Å². The first kappa shape index (κ1) is 11.0. The van der Waals surface area contributed by atoms with Crippen molar-refractivity contribution in [1.29, 1.82) is 0 Å². The number of carboxylic acid groups (broad SMARTS) is 1. The van der Waals surface area contributed by atoms with Gasteiger partial charge in [-0.25, -0.2) is 0 Å². The largest absolute Gasteiger partial charge is 0.480 e. The second-order valence-corrected chi connectivity index (χ2v) is 3.09. The minimum Gasteiger partial charge on any atom is -0.480 e. The van der Waals surface area contributed by atoms with Crippen LogP contribution in [0.3, 0.4) is 0 Å². The minimum absolute atomic E-state index is 0.173. The van der Waals surface area contributed by atoms with Gasteiger partial charge in [0, 0.05) is 6.54 Å². The summed E-state index contributed by atoms with van der Waals surface area (Å²) in [5, 5.41) is 11.3. The molecule has 0 saturated heterocycles. The van der Waals surface area contributed by atoms with Gasteiger partial charge in [0.1, 0.15) is 6.04 Å². The van der Waals surface area contributed by atoms with Gasteiger partial charge in [-0.3, -0.25) is 10.1 Å². The van der Waals surface area contributed by atoms with Gasteiger partial charge in [0.25, 0.3) is 0 Å². The third-order valence-electron chi connectivity index (χ3n) is 1.44. The molecule has 0 saturated carbocycles. The van der Waals surface area contributed by atoms with Crippen LogP contribution in [0.5, 0.6) is 0 Å². The van der Waals surface area contributed by atoms with Gasteiger partial charge in [0.15, 0.2) is 0 Å². The number of terminal acetylenes is 1. The van der Waals surface area contributed by atoms with E-state index in [1.807, 2.05) is 0 Å². The van der Waals surface area contributed by atoms with Crippen molar-refractivity contribution in [3.05, 3.63) is 0 Å². The fourth-order valence-electron chi connectivity index (χ4n) is 0.503. The number of carboxylic acids is 1. The molecule has 0 heterocycles. The first-order chi connectivity index (χ1) is 5.39. The lowest BCUT2D eigenvalue weighted by Crippen LogP contribution is -2.47. The Morgan fingerprint density at radius 1 is 1.83 bits per heavy atom. The third kappa shape index (κ3) is 3.96. The standard InChI is InChI=1S/C8H14N2O2/c1-4-8(2,3)10-5-6(9)7(11)12/h1,6,10H,5,9H2,2-3H3,(H,11,12). The number of rotatable bonds is 4. The van der Waals surface area contributed by atoms with Crippen molar-refractivity contribution in [1.82, 2.24) is 5.32 Å². The highest BCUT2D eigenvalue weighted by molar-refractivity contribution is 5.73. The summed E-state index contributed by atoms with van der Waals surface area (Å²) in [6.45, 7) is 3.73. The Hall–Kier alpha value is -1.05. The lowest BCUT2D eigenvalue weighted by molar-refractivity contribution is -0.138. The molecule has 0 aromatic rings. The zero-order chi connectivity index (χ0) is 9.78. The molecule has 0 bridgehead atoms. The van der Waals surface area contributed by atoms with E-state index in [1.54, 1.807) is 13.8 Å². The Bertz CT molecular complexity index is 206. The monoisotopic (exact) mass is 170 g/mol. The lowest BCUT2D eigenvalue weighted by atomic mass is 10.1. The topological polar surface area (TPSA) is 75.3 Å². The Balaban J connectivity index is 3.85. The summed E-state index contributed by atoms with van der Waals surface area (Å²) in [5.41, 5.74) is 4.74. The molecule has 68 valence electrons. The smallest absolute Gasteiger partial charge is 0.321 e. The van der Waals surface area contributed by atoms with Crippen LogP contribution in [0.1, 0.15) is 13.8 Å². The summed E-state index contributed by atoms with van der Waals surface area (Å²) < 4.78 is 0. The normalized spacial score (nSPS) is 13.5. The van der Waals surface area contributed by atoms with E-state index in [0.29, 0.717) is 0 Å². The summed E-state index contributed by atoms with van der Waals surface area (Å²) in [4.78, 5) is 10.3. The molecule has 0 aliphatic rings. The molecule has 0 aromatic carbocycles. The fraction of sp³-hybridized carbons (Fsp3) is 0.625. The van der Waals surface area contributed by atoms with E-state index in [1.165, 1.54) is 0 Å². The number of carbonyl (C=O) groups is 1. The molecule has 1 atom stereocenters. The number of nitrogens with two attached hydrogens (primary N) is 1. The number of hydrogen-bond acceptors (Lipinski definition) is 3. The summed E-state index contributed by atoms with van der Waals surface area (Å²) in [5.74, 6) is 1.44. The zero-order valence-electron chi connectivity index (χ0n) is 7.29. The van der Waals surface area contributed by atoms with Gasteiger partial charge in [0.05, 0.1) is 5.54 Å². The Kier molecular flexibility index (Phi) is 3.74. The minimum atomic E-state index is -1.03. The average molecular weight is 170 g/mol. The van der Waals surface area contributed by atoms with Crippen LogP contribution in [0, 0.1) is 12.3 Å². The van der Waals surface area contributed by atoms with Gasteiger partial charge in [0.2, 0.25) is 0 Å². The predicted octanol–water partition coefficient (Wildman–Crippen LogP) is -0.600. The molecule has 0 aliphatic carbocycles. The molecule has 4 nitrogen and oxygen atoms in total. The lowest BCUT2D eigenvalue weighted by Gasteiger charge is -2.20. The van der Waals surface area contributed by atoms with Crippen LogP contribution < -0.4 is 11.1 Å². The maximum atomic E-state index is 10.3. The molecule has 0 radical (unpaired) electrons. The summed E-state index contributed by atoms with van der Waals surface area (Å²) in [6, 6.07) is -0.905. The quantitative estimate of drug-likeness (QED) is 0.492. The first-order valence-electron chi connectivity index (χ1n) is 3.60. The molecule has 0 amide bonds. The van der Waals surface area contributed by atoms with Crippen LogP contribution in [0.15, 0.2) is 0 Å². The van der Waals surface area contributed by atoms with E-state index >= 15 is 0 Å². The van der Waals surface area contributed by atoms with E-state index < -0.39 is 17.6 Å². The molecule has 0 rings (SSSR count). The average Bonchev–Trinajstić information content (AvgIpc) is 2.00. The maximum absolute atomic E-state index is 10.3. The van der Waals surface area contributed by atoms with Gasteiger partial charge in [-0.15, -0.1) is 6.42 Å². The number of nitrogens with one attached hydrogen (secondary N) is 1. The van der Waals surface area contributed by atoms with Crippen molar-refractivity contribution in [3.8, 4) is 12.3 Å². The van der Waals surface area contributed by atoms with E-state index in [0.717, 1.165) is 0 Å². The number of hydrogen-bond donors (Lipinski definition) is 3. The predicted molar refractivity (Wildman–Crippen MR) is 46.5 cm³/mol. The van der Waals surface area contributed by atoms with E-state index in [4.69, 9.17) is 17.3 Å². The van der Waals surface area contributed by atoms with E-state index in [2.05, 4.69) is 11.2 Å². The highest BCUT2D eigenvalue weighted by atomic mass is 16.4. The van der Waals surface area contributed by atoms with Crippen molar-refractivity contribution in [2.24, 2.45) is 5.73 Å². The Morgan fingerprint density at radius 3 is 2.67 bits per heavy atom. The molecule has 0 spiro atoms. The van der Waals surface area contributed by atoms with Crippen molar-refractivity contribution in [2.45, 2.75) is 25.4 Å². The molecule has 0 aromatic heterocycles.